The SMILES string of the molecule is C=C/C(C(=O)Nc1ccc(C2(C#N)CCN(C3CCOCC3)CC2)nc1)=C(/C)N(C)c1ccc(C(F)(F)F)cn1. The zero-order valence-corrected chi connectivity index (χ0v) is 22.7. The van der Waals surface area contributed by atoms with Crippen molar-refractivity contribution in [2.45, 2.75) is 50.2 Å². The maximum atomic E-state index is 13.1. The molecule has 0 aliphatic carbocycles. The predicted octanol–water partition coefficient (Wildman–Crippen LogP) is 5.07. The van der Waals surface area contributed by atoms with Crippen molar-refractivity contribution in [3.8, 4) is 6.07 Å². The maximum absolute atomic E-state index is 13.1. The fraction of sp³-hybridized carbons (Fsp3) is 0.448. The minimum absolute atomic E-state index is 0.224. The van der Waals surface area contributed by atoms with Crippen molar-refractivity contribution in [1.29, 1.82) is 5.26 Å². The highest BCUT2D eigenvalue weighted by atomic mass is 19.4. The van der Waals surface area contributed by atoms with Gasteiger partial charge in [0.2, 0.25) is 0 Å². The average Bonchev–Trinajstić information content (AvgIpc) is 2.97. The molecule has 1 amide bonds. The van der Waals surface area contributed by atoms with Gasteiger partial charge < -0.3 is 19.9 Å². The normalized spacial score (nSPS) is 18.8. The van der Waals surface area contributed by atoms with Crippen molar-refractivity contribution in [2.24, 2.45) is 0 Å². The van der Waals surface area contributed by atoms with Crippen molar-refractivity contribution >= 4 is 17.4 Å². The highest BCUT2D eigenvalue weighted by Crippen LogP contribution is 2.36. The number of hydrogen-bond donors (Lipinski definition) is 1. The zero-order chi connectivity index (χ0) is 28.9. The number of likely N-dealkylation sites (tertiary alicyclic amines) is 1. The lowest BCUT2D eigenvalue weighted by Gasteiger charge is -2.42. The van der Waals surface area contributed by atoms with Crippen molar-refractivity contribution in [1.82, 2.24) is 14.9 Å². The maximum Gasteiger partial charge on any atom is 0.417 e. The summed E-state index contributed by atoms with van der Waals surface area (Å²) in [4.78, 5) is 25.5. The molecule has 0 radical (unpaired) electrons. The second-order valence-electron chi connectivity index (χ2n) is 10.1. The Morgan fingerprint density at radius 2 is 1.90 bits per heavy atom. The van der Waals surface area contributed by atoms with Crippen molar-refractivity contribution in [3.05, 3.63) is 71.8 Å². The molecule has 40 heavy (non-hydrogen) atoms. The van der Waals surface area contributed by atoms with Crippen LogP contribution in [0, 0.1) is 11.3 Å². The van der Waals surface area contributed by atoms with Crippen LogP contribution in [0.15, 0.2) is 60.6 Å². The van der Waals surface area contributed by atoms with E-state index in [2.05, 4.69) is 32.8 Å². The molecule has 0 atom stereocenters. The van der Waals surface area contributed by atoms with E-state index in [-0.39, 0.29) is 11.4 Å². The molecule has 2 aromatic heterocycles. The largest absolute Gasteiger partial charge is 0.417 e. The number of carbonyl (C=O) groups excluding carboxylic acids is 1. The molecule has 0 spiro atoms. The Labute approximate surface area is 232 Å². The average molecular weight is 555 g/mol. The van der Waals surface area contributed by atoms with Crippen LogP contribution in [0.1, 0.15) is 43.9 Å². The fourth-order valence-electron chi connectivity index (χ4n) is 5.21. The van der Waals surface area contributed by atoms with E-state index in [9.17, 15) is 23.2 Å². The summed E-state index contributed by atoms with van der Waals surface area (Å²) >= 11 is 0. The Hall–Kier alpha value is -3.75. The summed E-state index contributed by atoms with van der Waals surface area (Å²) in [6.45, 7) is 8.59. The molecule has 2 saturated heterocycles. The van der Waals surface area contributed by atoms with Gasteiger partial charge in [-0.15, -0.1) is 0 Å². The van der Waals surface area contributed by atoms with Gasteiger partial charge >= 0.3 is 6.18 Å². The van der Waals surface area contributed by atoms with E-state index in [1.807, 2.05) is 0 Å². The standard InChI is InChI=1S/C29H33F3N6O2/c1-4-24(20(2)37(3)26-8-5-21(17-35-26)29(30,31)32)27(39)36-22-6-7-25(34-18-22)28(19-33)11-13-38(14-12-28)23-9-15-40-16-10-23/h4-8,17-18,23H,1,9-16H2,2-3H3,(H,36,39)/b24-20+. The lowest BCUT2D eigenvalue weighted by atomic mass is 9.76. The number of nitrogens with zero attached hydrogens (tertiary/aromatic N) is 5. The van der Waals surface area contributed by atoms with Gasteiger partial charge in [0.25, 0.3) is 5.91 Å². The first-order valence-electron chi connectivity index (χ1n) is 13.2. The van der Waals surface area contributed by atoms with E-state index >= 15 is 0 Å². The molecule has 8 nitrogen and oxygen atoms in total. The van der Waals surface area contributed by atoms with Crippen molar-refractivity contribution in [2.75, 3.05) is 43.6 Å². The van der Waals surface area contributed by atoms with Crippen LogP contribution in [0.4, 0.5) is 24.7 Å². The number of piperidine rings is 1. The van der Waals surface area contributed by atoms with Crippen LogP contribution in [0.3, 0.4) is 0 Å². The molecule has 1 N–H and O–H groups in total. The Morgan fingerprint density at radius 1 is 1.20 bits per heavy atom. The van der Waals surface area contributed by atoms with Crippen LogP contribution < -0.4 is 10.2 Å². The second-order valence-corrected chi connectivity index (χ2v) is 10.1. The van der Waals surface area contributed by atoms with Crippen LogP contribution >= 0.6 is 0 Å². The van der Waals surface area contributed by atoms with Gasteiger partial charge in [-0.05, 0) is 56.9 Å². The number of alkyl halides is 3. The number of rotatable bonds is 7. The topological polar surface area (TPSA) is 94.4 Å². The number of carbonyl (C=O) groups is 1. The quantitative estimate of drug-likeness (QED) is 0.377. The number of hydrogen-bond acceptors (Lipinski definition) is 7. The smallest absolute Gasteiger partial charge is 0.381 e. The van der Waals surface area contributed by atoms with Crippen LogP contribution in [0.5, 0.6) is 0 Å². The lowest BCUT2D eigenvalue weighted by Crippen LogP contribution is -2.48. The number of ether oxygens (including phenoxy) is 1. The highest BCUT2D eigenvalue weighted by molar-refractivity contribution is 6.06. The van der Waals surface area contributed by atoms with Crippen LogP contribution in [-0.4, -0.2) is 60.2 Å². The zero-order valence-electron chi connectivity index (χ0n) is 22.7. The van der Waals surface area contributed by atoms with Crippen molar-refractivity contribution in [3.63, 3.8) is 0 Å². The third-order valence-corrected chi connectivity index (χ3v) is 7.84. The third kappa shape index (κ3) is 6.35. The van der Waals surface area contributed by atoms with E-state index in [0.717, 1.165) is 51.4 Å². The van der Waals surface area contributed by atoms with Gasteiger partial charge in [-0.3, -0.25) is 9.78 Å². The summed E-state index contributed by atoms with van der Waals surface area (Å²) in [6.07, 6.45) is 2.59. The van der Waals surface area contributed by atoms with Gasteiger partial charge in [0, 0.05) is 51.3 Å². The summed E-state index contributed by atoms with van der Waals surface area (Å²) in [5.41, 5.74) is 0.273. The summed E-state index contributed by atoms with van der Waals surface area (Å²) in [6, 6.07) is 8.69. The highest BCUT2D eigenvalue weighted by Gasteiger charge is 2.39. The summed E-state index contributed by atoms with van der Waals surface area (Å²) in [7, 11) is 1.60. The molecule has 4 heterocycles. The van der Waals surface area contributed by atoms with Crippen molar-refractivity contribution < 1.29 is 22.7 Å². The Kier molecular flexibility index (Phi) is 8.91. The molecular formula is C29H33F3N6O2. The van der Waals surface area contributed by atoms with E-state index in [1.165, 1.54) is 23.2 Å². The molecule has 2 fully saturated rings. The molecular weight excluding hydrogens is 521 g/mol. The number of amides is 1. The van der Waals surface area contributed by atoms with Gasteiger partial charge in [-0.1, -0.05) is 12.7 Å². The van der Waals surface area contributed by atoms with Crippen LogP contribution in [-0.2, 0) is 21.1 Å². The first-order chi connectivity index (χ1) is 19.1. The van der Waals surface area contributed by atoms with Gasteiger partial charge in [0.15, 0.2) is 0 Å². The number of nitriles is 1. The van der Waals surface area contributed by atoms with Gasteiger partial charge in [-0.25, -0.2) is 4.98 Å². The number of anilines is 2. The molecule has 4 rings (SSSR count). The Bertz CT molecular complexity index is 1270. The Balaban J connectivity index is 1.43. The molecule has 11 heteroatoms. The minimum atomic E-state index is -4.49. The molecule has 2 aromatic rings. The van der Waals surface area contributed by atoms with E-state index < -0.39 is 23.1 Å². The van der Waals surface area contributed by atoms with Crippen LogP contribution in [0.25, 0.3) is 0 Å². The number of halogens is 3. The van der Waals surface area contributed by atoms with E-state index in [0.29, 0.717) is 36.0 Å². The van der Waals surface area contributed by atoms with Gasteiger partial charge in [0.1, 0.15) is 11.2 Å². The van der Waals surface area contributed by atoms with E-state index in [1.54, 1.807) is 26.1 Å². The molecule has 0 aromatic carbocycles. The molecule has 0 bridgehead atoms. The monoisotopic (exact) mass is 554 g/mol. The first-order valence-corrected chi connectivity index (χ1v) is 13.2. The van der Waals surface area contributed by atoms with Crippen LogP contribution in [0.2, 0.25) is 0 Å². The lowest BCUT2D eigenvalue weighted by molar-refractivity contribution is -0.137. The summed E-state index contributed by atoms with van der Waals surface area (Å²) in [5.74, 6) is -0.214. The summed E-state index contributed by atoms with van der Waals surface area (Å²) in [5, 5.41) is 12.9. The molecule has 2 aliphatic rings. The third-order valence-electron chi connectivity index (χ3n) is 7.84. The van der Waals surface area contributed by atoms with Gasteiger partial charge in [-0.2, -0.15) is 18.4 Å². The first kappa shape index (κ1) is 29.2. The predicted molar refractivity (Wildman–Crippen MR) is 145 cm³/mol. The fourth-order valence-corrected chi connectivity index (χ4v) is 5.21. The van der Waals surface area contributed by atoms with E-state index in [4.69, 9.17) is 4.74 Å². The number of allylic oxidation sites excluding steroid dienone is 1. The van der Waals surface area contributed by atoms with Gasteiger partial charge in [0.05, 0.1) is 34.8 Å². The Morgan fingerprint density at radius 3 is 2.42 bits per heavy atom. The minimum Gasteiger partial charge on any atom is -0.381 e. The molecule has 0 saturated carbocycles. The number of nitrogens with one attached hydrogen (secondary N) is 1. The molecule has 0 unspecified atom stereocenters. The number of pyridine rings is 2. The second kappa shape index (κ2) is 12.2. The number of aromatic nitrogens is 2. The molecule has 2 aliphatic heterocycles. The summed E-state index contributed by atoms with van der Waals surface area (Å²) < 4.78 is 44.1. The molecule has 212 valence electrons.